The maximum absolute atomic E-state index is 12.7. The molecule has 0 saturated carbocycles. The average Bonchev–Trinajstić information content (AvgIpc) is 2.67. The fraction of sp³-hybridized carbons (Fsp3) is 0.200. The molecule has 3 aromatic rings. The van der Waals surface area contributed by atoms with Crippen molar-refractivity contribution in [2.45, 2.75) is 25.5 Å². The third-order valence-corrected chi connectivity index (χ3v) is 5.47. The van der Waals surface area contributed by atoms with Crippen molar-refractivity contribution in [3.63, 3.8) is 0 Å². The van der Waals surface area contributed by atoms with E-state index < -0.39 is 0 Å². The topological polar surface area (TPSA) is 93.1 Å². The zero-order valence-corrected chi connectivity index (χ0v) is 18.3. The van der Waals surface area contributed by atoms with Gasteiger partial charge in [0.05, 0.1) is 16.7 Å². The molecule has 150 valence electrons. The molecule has 2 aromatic carbocycles. The van der Waals surface area contributed by atoms with Crippen LogP contribution in [0.4, 0.5) is 11.4 Å². The molecule has 2 amide bonds. The van der Waals surface area contributed by atoms with Crippen LogP contribution in [0.1, 0.15) is 13.8 Å². The number of carbonyl (C=O) groups is 2. The molecule has 0 radical (unpaired) electrons. The van der Waals surface area contributed by atoms with Crippen LogP contribution in [0, 0.1) is 0 Å². The minimum absolute atomic E-state index is 0.0961. The predicted molar refractivity (Wildman–Crippen MR) is 119 cm³/mol. The van der Waals surface area contributed by atoms with Crippen molar-refractivity contribution >= 4 is 61.8 Å². The Hall–Kier alpha value is -2.65. The van der Waals surface area contributed by atoms with Crippen molar-refractivity contribution in [3.8, 4) is 0 Å². The van der Waals surface area contributed by atoms with E-state index in [0.717, 1.165) is 4.47 Å². The van der Waals surface area contributed by atoms with E-state index in [2.05, 4.69) is 31.5 Å². The van der Waals surface area contributed by atoms with Gasteiger partial charge in [-0.25, -0.2) is 4.98 Å². The molecule has 0 fully saturated rings. The first kappa shape index (κ1) is 21.1. The molecular weight excluding hydrogens is 456 g/mol. The number of nitrogens with one attached hydrogen (secondary N) is 2. The van der Waals surface area contributed by atoms with E-state index in [1.165, 1.54) is 18.7 Å². The summed E-state index contributed by atoms with van der Waals surface area (Å²) in [5.41, 5.74) is 1.63. The predicted octanol–water partition coefficient (Wildman–Crippen LogP) is 3.87. The molecule has 0 unspecified atom stereocenters. The number of nitrogens with zero attached hydrogens (tertiary/aromatic N) is 2. The summed E-state index contributed by atoms with van der Waals surface area (Å²) < 4.78 is 2.37. The van der Waals surface area contributed by atoms with Crippen LogP contribution in [-0.4, -0.2) is 27.1 Å². The van der Waals surface area contributed by atoms with Gasteiger partial charge in [0.2, 0.25) is 11.8 Å². The summed E-state index contributed by atoms with van der Waals surface area (Å²) in [4.78, 5) is 40.8. The number of aromatic nitrogens is 2. The van der Waals surface area contributed by atoms with Gasteiger partial charge in [0, 0.05) is 29.3 Å². The number of carbonyl (C=O) groups excluding carboxylic acids is 2. The van der Waals surface area contributed by atoms with Crippen molar-refractivity contribution in [2.24, 2.45) is 0 Å². The Morgan fingerprint density at radius 2 is 1.86 bits per heavy atom. The minimum atomic E-state index is -0.234. The highest BCUT2D eigenvalue weighted by Crippen LogP contribution is 2.21. The fourth-order valence-corrected chi connectivity index (χ4v) is 3.99. The lowest BCUT2D eigenvalue weighted by molar-refractivity contribution is -0.114. The smallest absolute Gasteiger partial charge is 0.262 e. The molecule has 1 heterocycles. The molecule has 7 nitrogen and oxygen atoms in total. The van der Waals surface area contributed by atoms with Gasteiger partial charge in [-0.3, -0.25) is 19.0 Å². The Kier molecular flexibility index (Phi) is 6.71. The summed E-state index contributed by atoms with van der Waals surface area (Å²) in [5, 5.41) is 6.49. The first-order valence-corrected chi connectivity index (χ1v) is 10.7. The van der Waals surface area contributed by atoms with Gasteiger partial charge in [-0.1, -0.05) is 33.8 Å². The Balaban J connectivity index is 1.75. The summed E-state index contributed by atoms with van der Waals surface area (Å²) in [5.74, 6) is -0.322. The van der Waals surface area contributed by atoms with E-state index in [0.29, 0.717) is 34.0 Å². The van der Waals surface area contributed by atoms with Crippen LogP contribution in [0.25, 0.3) is 10.9 Å². The molecule has 9 heteroatoms. The molecule has 0 atom stereocenters. The maximum atomic E-state index is 12.7. The number of thioether (sulfide) groups is 1. The van der Waals surface area contributed by atoms with E-state index in [4.69, 9.17) is 0 Å². The van der Waals surface area contributed by atoms with Gasteiger partial charge in [-0.2, -0.15) is 0 Å². The molecule has 0 spiro atoms. The monoisotopic (exact) mass is 474 g/mol. The van der Waals surface area contributed by atoms with Gasteiger partial charge in [-0.15, -0.1) is 0 Å². The quantitative estimate of drug-likeness (QED) is 0.417. The Morgan fingerprint density at radius 3 is 2.55 bits per heavy atom. The second-order valence-corrected chi connectivity index (χ2v) is 8.06. The Labute approximate surface area is 180 Å². The van der Waals surface area contributed by atoms with Gasteiger partial charge in [0.1, 0.15) is 0 Å². The number of hydrogen-bond acceptors (Lipinski definition) is 5. The highest BCUT2D eigenvalue weighted by atomic mass is 79.9. The van der Waals surface area contributed by atoms with Crippen molar-refractivity contribution in [3.05, 3.63) is 57.3 Å². The molecule has 29 heavy (non-hydrogen) atoms. The second kappa shape index (κ2) is 9.23. The van der Waals surface area contributed by atoms with Crippen LogP contribution in [0.3, 0.4) is 0 Å². The van der Waals surface area contributed by atoms with Crippen LogP contribution < -0.4 is 16.2 Å². The molecule has 0 saturated heterocycles. The van der Waals surface area contributed by atoms with Gasteiger partial charge in [-0.05, 0) is 43.3 Å². The van der Waals surface area contributed by atoms with Crippen molar-refractivity contribution in [1.29, 1.82) is 0 Å². The van der Waals surface area contributed by atoms with Crippen molar-refractivity contribution in [1.82, 2.24) is 9.55 Å². The number of amides is 2. The molecular formula is C20H19BrN4O3S. The lowest BCUT2D eigenvalue weighted by Crippen LogP contribution is -2.23. The average molecular weight is 475 g/mol. The van der Waals surface area contributed by atoms with Crippen LogP contribution in [0.15, 0.2) is 56.9 Å². The number of benzene rings is 2. The van der Waals surface area contributed by atoms with Crippen LogP contribution in [0.5, 0.6) is 0 Å². The highest BCUT2D eigenvalue weighted by molar-refractivity contribution is 9.10. The number of anilines is 2. The lowest BCUT2D eigenvalue weighted by Gasteiger charge is -2.12. The summed E-state index contributed by atoms with van der Waals surface area (Å²) in [7, 11) is 0. The Bertz CT molecular complexity index is 1150. The van der Waals surface area contributed by atoms with Gasteiger partial charge >= 0.3 is 0 Å². The van der Waals surface area contributed by atoms with Gasteiger partial charge in [0.15, 0.2) is 5.16 Å². The summed E-state index contributed by atoms with van der Waals surface area (Å²) in [6.07, 6.45) is 0. The van der Waals surface area contributed by atoms with Crippen molar-refractivity contribution in [2.75, 3.05) is 16.4 Å². The van der Waals surface area contributed by atoms with E-state index in [1.54, 1.807) is 41.0 Å². The summed E-state index contributed by atoms with van der Waals surface area (Å²) >= 11 is 4.58. The van der Waals surface area contributed by atoms with E-state index in [9.17, 15) is 14.4 Å². The van der Waals surface area contributed by atoms with Crippen LogP contribution in [-0.2, 0) is 16.1 Å². The normalized spacial score (nSPS) is 10.7. The first-order valence-electron chi connectivity index (χ1n) is 8.87. The number of rotatable bonds is 6. The third-order valence-electron chi connectivity index (χ3n) is 4.00. The second-order valence-electron chi connectivity index (χ2n) is 6.20. The summed E-state index contributed by atoms with van der Waals surface area (Å²) in [6.45, 7) is 3.74. The molecule has 2 N–H and O–H groups in total. The standard InChI is InChI=1S/C20H19BrN4O3S/c1-3-25-19(28)16-9-13(21)7-8-17(16)24-20(25)29-11-18(27)23-15-6-4-5-14(10-15)22-12(2)26/h4-10H,3,11H2,1-2H3,(H,22,26)(H,23,27). The molecule has 0 aliphatic heterocycles. The number of fused-ring (bicyclic) bond motifs is 1. The summed E-state index contributed by atoms with van der Waals surface area (Å²) in [6, 6.07) is 12.3. The van der Waals surface area contributed by atoms with Gasteiger partial charge < -0.3 is 10.6 Å². The molecule has 3 rings (SSSR count). The maximum Gasteiger partial charge on any atom is 0.262 e. The first-order chi connectivity index (χ1) is 13.9. The van der Waals surface area contributed by atoms with E-state index >= 15 is 0 Å². The SMILES string of the molecule is CCn1c(SCC(=O)Nc2cccc(NC(C)=O)c2)nc2ccc(Br)cc2c1=O. The molecule has 0 aliphatic carbocycles. The van der Waals surface area contributed by atoms with Crippen LogP contribution >= 0.6 is 27.7 Å². The fourth-order valence-electron chi connectivity index (χ4n) is 2.77. The highest BCUT2D eigenvalue weighted by Gasteiger charge is 2.13. The van der Waals surface area contributed by atoms with Gasteiger partial charge in [0.25, 0.3) is 5.56 Å². The largest absolute Gasteiger partial charge is 0.326 e. The van der Waals surface area contributed by atoms with Crippen LogP contribution in [0.2, 0.25) is 0 Å². The Morgan fingerprint density at radius 1 is 1.14 bits per heavy atom. The minimum Gasteiger partial charge on any atom is -0.326 e. The zero-order valence-electron chi connectivity index (χ0n) is 15.9. The molecule has 0 aliphatic rings. The van der Waals surface area contributed by atoms with Crippen molar-refractivity contribution < 1.29 is 9.59 Å². The molecule has 1 aromatic heterocycles. The zero-order chi connectivity index (χ0) is 21.0. The van der Waals surface area contributed by atoms with E-state index in [1.807, 2.05) is 13.0 Å². The number of hydrogen-bond donors (Lipinski definition) is 2. The number of halogens is 1. The third kappa shape index (κ3) is 5.24. The lowest BCUT2D eigenvalue weighted by atomic mass is 10.2. The molecule has 0 bridgehead atoms. The van der Waals surface area contributed by atoms with E-state index in [-0.39, 0.29) is 23.1 Å².